The summed E-state index contributed by atoms with van der Waals surface area (Å²) in [5, 5.41) is 18.6. The van der Waals surface area contributed by atoms with E-state index in [1.54, 1.807) is 0 Å². The van der Waals surface area contributed by atoms with Gasteiger partial charge >= 0.3 is 13.2 Å². The van der Waals surface area contributed by atoms with E-state index in [0.29, 0.717) is 11.3 Å². The van der Waals surface area contributed by atoms with Crippen molar-refractivity contribution in [3.8, 4) is 0 Å². The summed E-state index contributed by atoms with van der Waals surface area (Å²) in [6, 6.07) is 0. The van der Waals surface area contributed by atoms with Crippen molar-refractivity contribution < 1.29 is 19.6 Å². The monoisotopic (exact) mass is 295 g/mol. The lowest BCUT2D eigenvalue weighted by Gasteiger charge is -2.74. The van der Waals surface area contributed by atoms with Crippen LogP contribution < -0.4 is 0 Å². The first kappa shape index (κ1) is 15.2. The molecule has 4 aliphatic rings. The fourth-order valence-corrected chi connectivity index (χ4v) is 4.66. The molecule has 4 fully saturated rings. The van der Waals surface area contributed by atoms with Crippen LogP contribution in [0.5, 0.6) is 0 Å². The van der Waals surface area contributed by atoms with Crippen LogP contribution in [0.1, 0.15) is 52.9 Å². The molecule has 0 aromatic heterocycles. The summed E-state index contributed by atoms with van der Waals surface area (Å²) >= 11 is 0. The number of likely N-dealkylation sites (tertiary alicyclic amines) is 1. The molecule has 0 unspecified atom stereocenters. The molecule has 3 saturated carbocycles. The summed E-state index contributed by atoms with van der Waals surface area (Å²) < 4.78 is 5.42. The summed E-state index contributed by atoms with van der Waals surface area (Å²) in [4.78, 5) is 13.9. The largest absolute Gasteiger partial charge is 0.458 e. The zero-order valence-electron chi connectivity index (χ0n) is 13.3. The number of nitrogens with zero attached hydrogens (tertiary/aromatic N) is 1. The van der Waals surface area contributed by atoms with Crippen LogP contribution >= 0.6 is 0 Å². The Bertz CT molecular complexity index is 418. The highest BCUT2D eigenvalue weighted by Gasteiger charge is 2.74. The van der Waals surface area contributed by atoms with Gasteiger partial charge in [0.15, 0.2) is 0 Å². The van der Waals surface area contributed by atoms with Gasteiger partial charge in [0.25, 0.3) is 0 Å². The van der Waals surface area contributed by atoms with Crippen LogP contribution in [0.3, 0.4) is 0 Å². The van der Waals surface area contributed by atoms with Gasteiger partial charge < -0.3 is 19.7 Å². The Morgan fingerprint density at radius 2 is 1.71 bits per heavy atom. The van der Waals surface area contributed by atoms with Crippen molar-refractivity contribution in [2.24, 2.45) is 11.3 Å². The predicted octanol–water partition coefficient (Wildman–Crippen LogP) is 2.03. The SMILES string of the molecule is CC(C)(C)OC(=O)N1CCC(C23CC(B(O)O)(C2)C3)CC1. The van der Waals surface area contributed by atoms with Crippen molar-refractivity contribution in [3.63, 3.8) is 0 Å². The second-order valence-corrected chi connectivity index (χ2v) is 8.37. The first-order chi connectivity index (χ1) is 9.66. The van der Waals surface area contributed by atoms with Crippen LogP contribution in [0, 0.1) is 11.3 Å². The molecule has 0 spiro atoms. The van der Waals surface area contributed by atoms with Crippen LogP contribution in [0.25, 0.3) is 0 Å². The van der Waals surface area contributed by atoms with Gasteiger partial charge in [-0.3, -0.25) is 0 Å². The van der Waals surface area contributed by atoms with E-state index >= 15 is 0 Å². The van der Waals surface area contributed by atoms with E-state index in [2.05, 4.69) is 0 Å². The quantitative estimate of drug-likeness (QED) is 0.765. The minimum atomic E-state index is -1.15. The Kier molecular flexibility index (Phi) is 3.34. The summed E-state index contributed by atoms with van der Waals surface area (Å²) in [7, 11) is -1.15. The van der Waals surface area contributed by atoms with Gasteiger partial charge in [-0.25, -0.2) is 4.79 Å². The van der Waals surface area contributed by atoms with Gasteiger partial charge in [0.1, 0.15) is 5.60 Å². The minimum Gasteiger partial charge on any atom is -0.444 e. The molecule has 3 aliphatic carbocycles. The van der Waals surface area contributed by atoms with Gasteiger partial charge in [0, 0.05) is 18.4 Å². The van der Waals surface area contributed by atoms with E-state index in [0.717, 1.165) is 45.2 Å². The van der Waals surface area contributed by atoms with E-state index < -0.39 is 12.7 Å². The second kappa shape index (κ2) is 4.62. The third-order valence-corrected chi connectivity index (χ3v) is 5.67. The number of carbonyl (C=O) groups is 1. The Balaban J connectivity index is 1.48. The van der Waals surface area contributed by atoms with E-state index in [1.807, 2.05) is 25.7 Å². The maximum atomic E-state index is 12.0. The smallest absolute Gasteiger partial charge is 0.444 e. The van der Waals surface area contributed by atoms with Gasteiger partial charge in [-0.2, -0.15) is 0 Å². The summed E-state index contributed by atoms with van der Waals surface area (Å²) in [6.07, 6.45) is 4.67. The standard InChI is InChI=1S/C15H26BNO4/c1-13(2,3)21-12(18)17-6-4-11(5-7-17)14-8-15(9-14,10-14)16(19)20/h11,19-20H,4-10H2,1-3H3. The van der Waals surface area contributed by atoms with Gasteiger partial charge in [-0.1, -0.05) is 0 Å². The number of hydrogen-bond acceptors (Lipinski definition) is 4. The Hall–Kier alpha value is -0.745. The van der Waals surface area contributed by atoms with Crippen molar-refractivity contribution in [2.45, 2.75) is 63.8 Å². The molecule has 1 amide bonds. The summed E-state index contributed by atoms with van der Waals surface area (Å²) in [5.41, 5.74) is -0.102. The maximum Gasteiger partial charge on any atom is 0.458 e. The molecule has 1 saturated heterocycles. The molecule has 2 N–H and O–H groups in total. The molecule has 0 aromatic carbocycles. The summed E-state index contributed by atoms with van der Waals surface area (Å²) in [5.74, 6) is 0.622. The van der Waals surface area contributed by atoms with Gasteiger partial charge in [-0.15, -0.1) is 0 Å². The Morgan fingerprint density at radius 1 is 1.19 bits per heavy atom. The number of ether oxygens (including phenoxy) is 1. The number of rotatable bonds is 2. The van der Waals surface area contributed by atoms with E-state index in [-0.39, 0.29) is 11.4 Å². The van der Waals surface area contributed by atoms with Crippen molar-refractivity contribution in [1.29, 1.82) is 0 Å². The number of carbonyl (C=O) groups excluding carboxylic acids is 1. The number of amides is 1. The highest BCUT2D eigenvalue weighted by Crippen LogP contribution is 2.82. The minimum absolute atomic E-state index is 0.192. The highest BCUT2D eigenvalue weighted by atomic mass is 16.6. The fourth-order valence-electron chi connectivity index (χ4n) is 4.66. The zero-order valence-corrected chi connectivity index (χ0v) is 13.3. The predicted molar refractivity (Wildman–Crippen MR) is 79.7 cm³/mol. The average Bonchev–Trinajstić information content (AvgIpc) is 2.23. The molecule has 118 valence electrons. The molecule has 1 aliphatic heterocycles. The van der Waals surface area contributed by atoms with Gasteiger partial charge in [0.05, 0.1) is 0 Å². The first-order valence-electron chi connectivity index (χ1n) is 8.00. The lowest BCUT2D eigenvalue weighted by atomic mass is 9.22. The van der Waals surface area contributed by atoms with Crippen molar-refractivity contribution in [1.82, 2.24) is 4.90 Å². The lowest BCUT2D eigenvalue weighted by molar-refractivity contribution is -0.162. The molecule has 6 heteroatoms. The number of piperidine rings is 1. The first-order valence-corrected chi connectivity index (χ1v) is 8.00. The van der Waals surface area contributed by atoms with E-state index in [1.165, 1.54) is 0 Å². The molecule has 2 bridgehead atoms. The van der Waals surface area contributed by atoms with Gasteiger partial charge in [-0.05, 0) is 64.2 Å². The summed E-state index contributed by atoms with van der Waals surface area (Å²) in [6.45, 7) is 7.18. The third kappa shape index (κ3) is 2.46. The maximum absolute atomic E-state index is 12.0. The topological polar surface area (TPSA) is 70.0 Å². The van der Waals surface area contributed by atoms with Crippen LogP contribution in [-0.2, 0) is 4.74 Å². The van der Waals surface area contributed by atoms with Crippen LogP contribution in [0.4, 0.5) is 4.79 Å². The molecule has 1 heterocycles. The fraction of sp³-hybridized carbons (Fsp3) is 0.933. The van der Waals surface area contributed by atoms with Crippen molar-refractivity contribution in [2.75, 3.05) is 13.1 Å². The van der Waals surface area contributed by atoms with Crippen molar-refractivity contribution >= 4 is 13.2 Å². The second-order valence-electron chi connectivity index (χ2n) is 8.37. The number of hydrogen-bond donors (Lipinski definition) is 2. The van der Waals surface area contributed by atoms with Crippen LogP contribution in [0.15, 0.2) is 0 Å². The Labute approximate surface area is 126 Å². The molecule has 0 atom stereocenters. The molecule has 0 aromatic rings. The normalized spacial score (nSPS) is 35.8. The van der Waals surface area contributed by atoms with Crippen LogP contribution in [0.2, 0.25) is 5.31 Å². The molecular weight excluding hydrogens is 269 g/mol. The Morgan fingerprint density at radius 3 is 2.14 bits per heavy atom. The average molecular weight is 295 g/mol. The lowest BCUT2D eigenvalue weighted by Crippen LogP contribution is -2.67. The molecule has 4 rings (SSSR count). The molecule has 21 heavy (non-hydrogen) atoms. The highest BCUT2D eigenvalue weighted by molar-refractivity contribution is 6.46. The van der Waals surface area contributed by atoms with Gasteiger partial charge in [0.2, 0.25) is 0 Å². The van der Waals surface area contributed by atoms with Crippen LogP contribution in [-0.4, -0.2) is 46.9 Å². The molecular formula is C15H26BNO4. The third-order valence-electron chi connectivity index (χ3n) is 5.67. The molecule has 5 nitrogen and oxygen atoms in total. The zero-order chi connectivity index (χ0) is 15.5. The van der Waals surface area contributed by atoms with E-state index in [9.17, 15) is 14.8 Å². The van der Waals surface area contributed by atoms with E-state index in [4.69, 9.17) is 4.74 Å². The molecule has 0 radical (unpaired) electrons. The van der Waals surface area contributed by atoms with Crippen molar-refractivity contribution in [3.05, 3.63) is 0 Å².